The van der Waals surface area contributed by atoms with Gasteiger partial charge in [0.2, 0.25) is 0 Å². The van der Waals surface area contributed by atoms with Gasteiger partial charge in [-0.05, 0) is 24.2 Å². The number of urea groups is 1. The molecule has 0 spiro atoms. The molecular weight excluding hydrogens is 236 g/mol. The van der Waals surface area contributed by atoms with Crippen molar-refractivity contribution in [3.8, 4) is 0 Å². The van der Waals surface area contributed by atoms with Crippen LogP contribution in [0.3, 0.4) is 0 Å². The molecule has 1 rings (SSSR count). The lowest BCUT2D eigenvalue weighted by Crippen LogP contribution is -2.41. The summed E-state index contributed by atoms with van der Waals surface area (Å²) in [4.78, 5) is 21.8. The van der Waals surface area contributed by atoms with E-state index >= 15 is 0 Å². The summed E-state index contributed by atoms with van der Waals surface area (Å²) in [5, 5.41) is 22.8. The molecule has 0 heterocycles. The second kappa shape index (κ2) is 6.04. The minimum absolute atomic E-state index is 0.0120. The molecule has 1 fully saturated rings. The van der Waals surface area contributed by atoms with E-state index in [4.69, 9.17) is 10.2 Å². The summed E-state index contributed by atoms with van der Waals surface area (Å²) in [7, 11) is 0. The monoisotopic (exact) mass is 258 g/mol. The zero-order chi connectivity index (χ0) is 13.8. The minimum Gasteiger partial charge on any atom is -0.479 e. The number of aliphatic hydroxyl groups is 1. The average Bonchev–Trinajstić information content (AvgIpc) is 3.07. The smallest absolute Gasteiger partial charge is 0.332 e. The van der Waals surface area contributed by atoms with Crippen LogP contribution in [0.5, 0.6) is 0 Å². The summed E-state index contributed by atoms with van der Waals surface area (Å²) >= 11 is 0. The Hall–Kier alpha value is -1.30. The molecule has 1 unspecified atom stereocenters. The van der Waals surface area contributed by atoms with Crippen molar-refractivity contribution in [3.05, 3.63) is 0 Å². The third-order valence-corrected chi connectivity index (χ3v) is 3.71. The van der Waals surface area contributed by atoms with Crippen LogP contribution >= 0.6 is 0 Å². The second-order valence-electron chi connectivity index (χ2n) is 5.27. The van der Waals surface area contributed by atoms with Crippen LogP contribution in [0, 0.1) is 11.3 Å². The van der Waals surface area contributed by atoms with Crippen LogP contribution in [0.15, 0.2) is 0 Å². The van der Waals surface area contributed by atoms with E-state index in [0.717, 1.165) is 12.8 Å². The van der Waals surface area contributed by atoms with E-state index in [1.165, 1.54) is 0 Å². The number of carbonyl (C=O) groups excluding carboxylic acids is 1. The van der Waals surface area contributed by atoms with Crippen LogP contribution in [0.2, 0.25) is 0 Å². The molecule has 4 N–H and O–H groups in total. The Bertz CT molecular complexity index is 313. The lowest BCUT2D eigenvalue weighted by Gasteiger charge is -2.20. The fourth-order valence-corrected chi connectivity index (χ4v) is 1.88. The Morgan fingerprint density at radius 1 is 1.28 bits per heavy atom. The van der Waals surface area contributed by atoms with Crippen molar-refractivity contribution >= 4 is 12.0 Å². The Morgan fingerprint density at radius 3 is 2.33 bits per heavy atom. The first-order valence-corrected chi connectivity index (χ1v) is 6.30. The number of carboxylic acids is 1. The molecule has 6 heteroatoms. The van der Waals surface area contributed by atoms with Crippen LogP contribution in [-0.2, 0) is 4.79 Å². The standard InChI is InChI=1S/C12H22N2O4/c1-8(2)12(4-5-12)7-14-11(18)13-6-3-9(15)10(16)17/h8-9,15H,3-7H2,1-2H3,(H,16,17)(H2,13,14,18). The van der Waals surface area contributed by atoms with Gasteiger partial charge in [-0.25, -0.2) is 9.59 Å². The lowest BCUT2D eigenvalue weighted by molar-refractivity contribution is -0.146. The molecule has 6 nitrogen and oxygen atoms in total. The van der Waals surface area contributed by atoms with Gasteiger partial charge in [0.25, 0.3) is 0 Å². The lowest BCUT2D eigenvalue weighted by atomic mass is 9.92. The molecule has 0 radical (unpaired) electrons. The fourth-order valence-electron chi connectivity index (χ4n) is 1.88. The number of hydrogen-bond donors (Lipinski definition) is 4. The van der Waals surface area contributed by atoms with Gasteiger partial charge in [0.15, 0.2) is 6.10 Å². The first-order chi connectivity index (χ1) is 8.37. The minimum atomic E-state index is -1.42. The number of amides is 2. The van der Waals surface area contributed by atoms with Crippen LogP contribution < -0.4 is 10.6 Å². The van der Waals surface area contributed by atoms with Crippen molar-refractivity contribution in [2.24, 2.45) is 11.3 Å². The van der Waals surface area contributed by atoms with Crippen molar-refractivity contribution in [3.63, 3.8) is 0 Å². The summed E-state index contributed by atoms with van der Waals surface area (Å²) in [6.45, 7) is 5.09. The van der Waals surface area contributed by atoms with Crippen molar-refractivity contribution in [1.82, 2.24) is 10.6 Å². The predicted molar refractivity (Wildman–Crippen MR) is 66.2 cm³/mol. The molecule has 0 saturated heterocycles. The van der Waals surface area contributed by atoms with Crippen LogP contribution in [0.4, 0.5) is 4.79 Å². The first kappa shape index (κ1) is 14.8. The first-order valence-electron chi connectivity index (χ1n) is 6.30. The molecule has 0 aliphatic heterocycles. The highest BCUT2D eigenvalue weighted by Crippen LogP contribution is 2.51. The van der Waals surface area contributed by atoms with Gasteiger partial charge in [-0.1, -0.05) is 13.8 Å². The Balaban J connectivity index is 2.13. The van der Waals surface area contributed by atoms with Gasteiger partial charge in [-0.15, -0.1) is 0 Å². The zero-order valence-electron chi connectivity index (χ0n) is 10.9. The van der Waals surface area contributed by atoms with Crippen molar-refractivity contribution in [2.75, 3.05) is 13.1 Å². The van der Waals surface area contributed by atoms with E-state index in [1.807, 2.05) is 0 Å². The summed E-state index contributed by atoms with van der Waals surface area (Å²) < 4.78 is 0. The number of aliphatic carboxylic acids is 1. The van der Waals surface area contributed by atoms with Crippen molar-refractivity contribution < 1.29 is 19.8 Å². The maximum absolute atomic E-state index is 11.4. The third-order valence-electron chi connectivity index (χ3n) is 3.71. The van der Waals surface area contributed by atoms with E-state index in [9.17, 15) is 9.59 Å². The SMILES string of the molecule is CC(C)C1(CNC(=O)NCCC(O)C(=O)O)CC1. The summed E-state index contributed by atoms with van der Waals surface area (Å²) in [6.07, 6.45) is 0.874. The number of rotatable bonds is 7. The van der Waals surface area contributed by atoms with E-state index < -0.39 is 12.1 Å². The third kappa shape index (κ3) is 4.18. The Morgan fingerprint density at radius 2 is 1.89 bits per heavy atom. The number of hydrogen-bond acceptors (Lipinski definition) is 3. The van der Waals surface area contributed by atoms with Crippen molar-refractivity contribution in [2.45, 2.75) is 39.2 Å². The van der Waals surface area contributed by atoms with Crippen LogP contribution in [0.1, 0.15) is 33.1 Å². The molecule has 1 aliphatic rings. The highest BCUT2D eigenvalue weighted by atomic mass is 16.4. The number of aliphatic hydroxyl groups excluding tert-OH is 1. The Labute approximate surface area is 107 Å². The predicted octanol–water partition coefficient (Wildman–Crippen LogP) is 0.557. The van der Waals surface area contributed by atoms with Gasteiger partial charge < -0.3 is 20.8 Å². The molecule has 0 aromatic rings. The summed E-state index contributed by atoms with van der Waals surface area (Å²) in [6, 6.07) is -0.306. The van der Waals surface area contributed by atoms with E-state index in [1.54, 1.807) is 0 Å². The number of nitrogens with one attached hydrogen (secondary N) is 2. The van der Waals surface area contributed by atoms with Gasteiger partial charge in [0, 0.05) is 19.5 Å². The molecule has 0 aromatic carbocycles. The highest BCUT2D eigenvalue weighted by molar-refractivity contribution is 5.74. The highest BCUT2D eigenvalue weighted by Gasteiger charge is 2.45. The van der Waals surface area contributed by atoms with E-state index in [0.29, 0.717) is 12.5 Å². The molecule has 0 bridgehead atoms. The van der Waals surface area contributed by atoms with Gasteiger partial charge in [0.05, 0.1) is 0 Å². The van der Waals surface area contributed by atoms with Gasteiger partial charge >= 0.3 is 12.0 Å². The van der Waals surface area contributed by atoms with E-state index in [2.05, 4.69) is 24.5 Å². The maximum Gasteiger partial charge on any atom is 0.332 e. The topological polar surface area (TPSA) is 98.7 Å². The Kier molecular flexibility index (Phi) is 4.95. The molecule has 18 heavy (non-hydrogen) atoms. The molecule has 1 saturated carbocycles. The van der Waals surface area contributed by atoms with E-state index in [-0.39, 0.29) is 24.4 Å². The number of carboxylic acid groups (broad SMARTS) is 1. The molecule has 1 atom stereocenters. The maximum atomic E-state index is 11.4. The number of carbonyl (C=O) groups is 2. The molecule has 104 valence electrons. The molecule has 2 amide bonds. The largest absolute Gasteiger partial charge is 0.479 e. The van der Waals surface area contributed by atoms with Crippen molar-refractivity contribution in [1.29, 1.82) is 0 Å². The summed E-state index contributed by atoms with van der Waals surface area (Å²) in [5.74, 6) is -0.722. The van der Waals surface area contributed by atoms with Gasteiger partial charge in [0.1, 0.15) is 0 Å². The van der Waals surface area contributed by atoms with Crippen LogP contribution in [0.25, 0.3) is 0 Å². The molecule has 0 aromatic heterocycles. The fraction of sp³-hybridized carbons (Fsp3) is 0.833. The normalized spacial score (nSPS) is 18.2. The zero-order valence-corrected chi connectivity index (χ0v) is 10.9. The van der Waals surface area contributed by atoms with Crippen LogP contribution in [-0.4, -0.2) is 41.4 Å². The quantitative estimate of drug-likeness (QED) is 0.536. The summed E-state index contributed by atoms with van der Waals surface area (Å²) in [5.41, 5.74) is 0.248. The molecular formula is C12H22N2O4. The van der Waals surface area contributed by atoms with Gasteiger partial charge in [-0.3, -0.25) is 0 Å². The second-order valence-corrected chi connectivity index (χ2v) is 5.27. The molecule has 1 aliphatic carbocycles. The van der Waals surface area contributed by atoms with Gasteiger partial charge in [-0.2, -0.15) is 0 Å². The average molecular weight is 258 g/mol.